The molecule has 0 aromatic heterocycles. The first-order valence-corrected chi connectivity index (χ1v) is 4.54. The van der Waals surface area contributed by atoms with Crippen LogP contribution in [-0.2, 0) is 0 Å². The predicted octanol–water partition coefficient (Wildman–Crippen LogP) is 0.636. The summed E-state index contributed by atoms with van der Waals surface area (Å²) < 4.78 is 10.7. The molecule has 1 aliphatic rings. The number of nitrogens with two attached hydrogens (primary N) is 1. The molecule has 2 amide bonds. The number of rotatable bonds is 2. The van der Waals surface area contributed by atoms with Crippen molar-refractivity contribution in [3.63, 3.8) is 0 Å². The molecule has 0 spiro atoms. The lowest BCUT2D eigenvalue weighted by atomic mass is 10.2. The highest BCUT2D eigenvalue weighted by molar-refractivity contribution is 5.73. The molecule has 79 valence electrons. The molecule has 0 saturated heterocycles. The van der Waals surface area contributed by atoms with E-state index in [1.165, 1.54) is 6.54 Å². The van der Waals surface area contributed by atoms with Crippen LogP contribution in [0.4, 0.5) is 4.79 Å². The summed E-state index contributed by atoms with van der Waals surface area (Å²) in [5.74, 6) is 1.40. The molecule has 0 fully saturated rings. The minimum absolute atomic E-state index is 0.541. The van der Waals surface area contributed by atoms with Crippen molar-refractivity contribution in [2.45, 2.75) is 0 Å². The van der Waals surface area contributed by atoms with E-state index >= 15 is 0 Å². The van der Waals surface area contributed by atoms with Crippen LogP contribution in [-0.4, -0.2) is 19.2 Å². The van der Waals surface area contributed by atoms with Crippen molar-refractivity contribution in [2.24, 2.45) is 5.73 Å². The lowest BCUT2D eigenvalue weighted by Crippen LogP contribution is -2.27. The molecule has 0 bridgehead atoms. The minimum atomic E-state index is -0.593. The molecule has 1 aromatic carbocycles. The fourth-order valence-electron chi connectivity index (χ4n) is 1.30. The zero-order valence-electron chi connectivity index (χ0n) is 8.03. The van der Waals surface area contributed by atoms with Gasteiger partial charge in [-0.2, -0.15) is 0 Å². The Morgan fingerprint density at radius 1 is 1.33 bits per heavy atom. The van der Waals surface area contributed by atoms with Crippen LogP contribution >= 0.6 is 0 Å². The molecular formula is C10H11N2O3. The van der Waals surface area contributed by atoms with Crippen molar-refractivity contribution in [3.8, 4) is 11.5 Å². The van der Waals surface area contributed by atoms with Crippen LogP contribution in [0, 0.1) is 6.54 Å². The van der Waals surface area contributed by atoms with Gasteiger partial charge in [-0.05, 0) is 17.7 Å². The van der Waals surface area contributed by atoms with Gasteiger partial charge in [0.05, 0.1) is 6.54 Å². The number of primary amides is 1. The van der Waals surface area contributed by atoms with E-state index in [0.29, 0.717) is 19.0 Å². The van der Waals surface area contributed by atoms with Crippen LogP contribution in [0.2, 0.25) is 0 Å². The zero-order chi connectivity index (χ0) is 10.7. The van der Waals surface area contributed by atoms with E-state index in [2.05, 4.69) is 5.32 Å². The molecule has 0 aliphatic carbocycles. The number of benzene rings is 1. The van der Waals surface area contributed by atoms with Gasteiger partial charge in [0.2, 0.25) is 0 Å². The van der Waals surface area contributed by atoms with Gasteiger partial charge in [-0.25, -0.2) is 4.79 Å². The highest BCUT2D eigenvalue weighted by Gasteiger charge is 2.11. The molecule has 5 heteroatoms. The molecule has 2 rings (SSSR count). The van der Waals surface area contributed by atoms with Gasteiger partial charge in [0.15, 0.2) is 11.5 Å². The van der Waals surface area contributed by atoms with Gasteiger partial charge in [-0.15, -0.1) is 0 Å². The summed E-state index contributed by atoms with van der Waals surface area (Å²) in [6.45, 7) is 2.62. The SMILES string of the molecule is NC(=O)N[CH]c1ccc2c(c1)OCCO2. The summed E-state index contributed by atoms with van der Waals surface area (Å²) >= 11 is 0. The number of hydrogen-bond donors (Lipinski definition) is 2. The number of ether oxygens (including phenoxy) is 2. The Bertz CT molecular complexity index is 379. The third-order valence-electron chi connectivity index (χ3n) is 1.95. The number of urea groups is 1. The van der Waals surface area contributed by atoms with Gasteiger partial charge in [0, 0.05) is 0 Å². The van der Waals surface area contributed by atoms with Crippen LogP contribution in [0.15, 0.2) is 18.2 Å². The largest absolute Gasteiger partial charge is 0.486 e. The normalized spacial score (nSPS) is 13.3. The van der Waals surface area contributed by atoms with E-state index in [1.807, 2.05) is 6.07 Å². The molecule has 1 heterocycles. The number of carbonyl (C=O) groups is 1. The molecule has 0 atom stereocenters. The second-order valence-corrected chi connectivity index (χ2v) is 3.06. The Balaban J connectivity index is 2.10. The Hall–Kier alpha value is -1.91. The van der Waals surface area contributed by atoms with Crippen LogP contribution in [0.25, 0.3) is 0 Å². The molecule has 1 aliphatic heterocycles. The number of amides is 2. The molecule has 15 heavy (non-hydrogen) atoms. The summed E-state index contributed by atoms with van der Waals surface area (Å²) in [5, 5.41) is 2.39. The Morgan fingerprint density at radius 2 is 2.07 bits per heavy atom. The zero-order valence-corrected chi connectivity index (χ0v) is 8.03. The van der Waals surface area contributed by atoms with Crippen LogP contribution in [0.5, 0.6) is 11.5 Å². The molecule has 1 aromatic rings. The Labute approximate surface area is 87.2 Å². The standard InChI is InChI=1S/C10H11N2O3/c11-10(13)12-6-7-1-2-8-9(5-7)15-4-3-14-8/h1-2,5-6H,3-4H2,(H3,11,12,13). The molecule has 5 nitrogen and oxygen atoms in total. The Kier molecular flexibility index (Phi) is 2.62. The van der Waals surface area contributed by atoms with Crippen molar-refractivity contribution in [1.82, 2.24) is 5.32 Å². The first-order chi connectivity index (χ1) is 7.25. The summed E-state index contributed by atoms with van der Waals surface area (Å²) in [4.78, 5) is 10.5. The number of hydrogen-bond acceptors (Lipinski definition) is 3. The average Bonchev–Trinajstić information content (AvgIpc) is 2.26. The van der Waals surface area contributed by atoms with Crippen molar-refractivity contribution >= 4 is 6.03 Å². The van der Waals surface area contributed by atoms with Gasteiger partial charge in [0.1, 0.15) is 13.2 Å². The van der Waals surface area contributed by atoms with Gasteiger partial charge in [-0.1, -0.05) is 6.07 Å². The number of fused-ring (bicyclic) bond motifs is 1. The van der Waals surface area contributed by atoms with E-state index in [9.17, 15) is 4.79 Å². The summed E-state index contributed by atoms with van der Waals surface area (Å²) in [5.41, 5.74) is 5.74. The van der Waals surface area contributed by atoms with Gasteiger partial charge in [-0.3, -0.25) is 0 Å². The smallest absolute Gasteiger partial charge is 0.312 e. The van der Waals surface area contributed by atoms with Crippen molar-refractivity contribution in [1.29, 1.82) is 0 Å². The van der Waals surface area contributed by atoms with E-state index in [-0.39, 0.29) is 0 Å². The van der Waals surface area contributed by atoms with Crippen molar-refractivity contribution in [2.75, 3.05) is 13.2 Å². The average molecular weight is 207 g/mol. The topological polar surface area (TPSA) is 73.6 Å². The lowest BCUT2D eigenvalue weighted by Gasteiger charge is -2.18. The van der Waals surface area contributed by atoms with Crippen molar-refractivity contribution < 1.29 is 14.3 Å². The molecule has 3 N–H and O–H groups in total. The molecule has 1 radical (unpaired) electrons. The molecule has 0 saturated carbocycles. The summed E-state index contributed by atoms with van der Waals surface area (Å²) in [6, 6.07) is 4.79. The van der Waals surface area contributed by atoms with E-state index in [1.54, 1.807) is 12.1 Å². The number of carbonyl (C=O) groups excluding carboxylic acids is 1. The van der Waals surface area contributed by atoms with Crippen LogP contribution in [0.1, 0.15) is 5.56 Å². The maximum Gasteiger partial charge on any atom is 0.312 e. The van der Waals surface area contributed by atoms with Gasteiger partial charge in [0.25, 0.3) is 0 Å². The molecular weight excluding hydrogens is 196 g/mol. The summed E-state index contributed by atoms with van der Waals surface area (Å²) in [7, 11) is 0. The highest BCUT2D eigenvalue weighted by atomic mass is 16.6. The highest BCUT2D eigenvalue weighted by Crippen LogP contribution is 2.30. The fourth-order valence-corrected chi connectivity index (χ4v) is 1.30. The predicted molar refractivity (Wildman–Crippen MR) is 53.6 cm³/mol. The van der Waals surface area contributed by atoms with Crippen LogP contribution < -0.4 is 20.5 Å². The van der Waals surface area contributed by atoms with Gasteiger partial charge < -0.3 is 20.5 Å². The first-order valence-electron chi connectivity index (χ1n) is 4.54. The number of nitrogens with one attached hydrogen (secondary N) is 1. The lowest BCUT2D eigenvalue weighted by molar-refractivity contribution is 0.171. The third-order valence-corrected chi connectivity index (χ3v) is 1.95. The monoisotopic (exact) mass is 207 g/mol. The quantitative estimate of drug-likeness (QED) is 0.747. The first kappa shape index (κ1) is 9.64. The second kappa shape index (κ2) is 4.08. The maximum atomic E-state index is 10.5. The van der Waals surface area contributed by atoms with E-state index in [4.69, 9.17) is 15.2 Å². The third kappa shape index (κ3) is 2.31. The second-order valence-electron chi connectivity index (χ2n) is 3.06. The summed E-state index contributed by atoms with van der Waals surface area (Å²) in [6.07, 6.45) is 0. The maximum absolute atomic E-state index is 10.5. The molecule has 0 unspecified atom stereocenters. The minimum Gasteiger partial charge on any atom is -0.486 e. The van der Waals surface area contributed by atoms with Crippen molar-refractivity contribution in [3.05, 3.63) is 30.3 Å². The van der Waals surface area contributed by atoms with E-state index < -0.39 is 6.03 Å². The van der Waals surface area contributed by atoms with E-state index in [0.717, 1.165) is 11.3 Å². The van der Waals surface area contributed by atoms with Gasteiger partial charge >= 0.3 is 6.03 Å². The Morgan fingerprint density at radius 3 is 2.80 bits per heavy atom. The van der Waals surface area contributed by atoms with Crippen LogP contribution in [0.3, 0.4) is 0 Å². The fraction of sp³-hybridized carbons (Fsp3) is 0.200.